The van der Waals surface area contributed by atoms with Crippen LogP contribution in [0.2, 0.25) is 0 Å². The van der Waals surface area contributed by atoms with Gasteiger partial charge in [-0.25, -0.2) is 0 Å². The molecule has 2 rings (SSSR count). The molecular weight excluding hydrogens is 519 g/mol. The number of esters is 2. The Kier molecular flexibility index (Phi) is 8.40. The maximum absolute atomic E-state index is 12.8. The van der Waals surface area contributed by atoms with Gasteiger partial charge in [0.2, 0.25) is 0 Å². The first kappa shape index (κ1) is 24.0. The molecule has 0 saturated carbocycles. The lowest BCUT2D eigenvalue weighted by molar-refractivity contribution is -0.283. The Bertz CT molecular complexity index is 824. The molecule has 1 aromatic rings. The Morgan fingerprint density at radius 2 is 1.59 bits per heavy atom. The third-order valence-corrected chi connectivity index (χ3v) is 6.32. The highest BCUT2D eigenvalue weighted by Crippen LogP contribution is 2.32. The van der Waals surface area contributed by atoms with Crippen molar-refractivity contribution in [2.45, 2.75) is 56.4 Å². The maximum Gasteiger partial charge on any atom is 0.303 e. The monoisotopic (exact) mass is 542 g/mol. The van der Waals surface area contributed by atoms with Crippen molar-refractivity contribution in [2.75, 3.05) is 11.5 Å². The van der Waals surface area contributed by atoms with Gasteiger partial charge in [-0.1, -0.05) is 40.3 Å². The summed E-state index contributed by atoms with van der Waals surface area (Å²) in [5.41, 5.74) is 0.873. The Morgan fingerprint density at radius 1 is 1.03 bits per heavy atom. The number of rotatable bonds is 7. The number of methoxy groups -OCH3 is 1. The molecule has 29 heavy (non-hydrogen) atoms. The van der Waals surface area contributed by atoms with Gasteiger partial charge in [-0.2, -0.15) is 8.42 Å². The predicted molar refractivity (Wildman–Crippen MR) is 109 cm³/mol. The highest BCUT2D eigenvalue weighted by Gasteiger charge is 2.52. The third-order valence-electron chi connectivity index (χ3n) is 4.13. The lowest BCUT2D eigenvalue weighted by Gasteiger charge is -2.43. The largest absolute Gasteiger partial charge is 0.456 e. The fourth-order valence-corrected chi connectivity index (χ4v) is 4.64. The minimum Gasteiger partial charge on any atom is -0.456 e. The second-order valence-electron chi connectivity index (χ2n) is 6.41. The maximum atomic E-state index is 12.8. The Morgan fingerprint density at radius 3 is 2.07 bits per heavy atom. The summed E-state index contributed by atoms with van der Waals surface area (Å²) in [5, 5.41) is 0. The number of ether oxygens (including phenoxy) is 4. The Balaban J connectivity index is 2.43. The smallest absolute Gasteiger partial charge is 0.303 e. The predicted octanol–water partition coefficient (Wildman–Crippen LogP) is 1.74. The second kappa shape index (κ2) is 10.2. The van der Waals surface area contributed by atoms with E-state index in [4.69, 9.17) is 23.1 Å². The van der Waals surface area contributed by atoms with E-state index in [0.717, 1.165) is 12.5 Å². The summed E-state index contributed by atoms with van der Waals surface area (Å²) < 4.78 is 52.9. The fraction of sp³-hybridized carbons (Fsp3) is 0.556. The summed E-state index contributed by atoms with van der Waals surface area (Å²) in [6.45, 7) is 4.17. The number of hydrogen-bond acceptors (Lipinski definition) is 9. The summed E-state index contributed by atoms with van der Waals surface area (Å²) in [6.07, 6.45) is -5.59. The van der Waals surface area contributed by atoms with Crippen LogP contribution in [0.5, 0.6) is 0 Å². The molecule has 0 N–H and O–H groups in total. The van der Waals surface area contributed by atoms with Crippen molar-refractivity contribution in [2.24, 2.45) is 0 Å². The van der Waals surface area contributed by atoms with Crippen molar-refractivity contribution in [1.82, 2.24) is 0 Å². The van der Waals surface area contributed by atoms with Crippen molar-refractivity contribution >= 4 is 44.6 Å². The minimum absolute atomic E-state index is 0.0837. The van der Waals surface area contributed by atoms with Gasteiger partial charge in [0, 0.05) is 25.4 Å². The molecule has 11 heteroatoms. The zero-order valence-corrected chi connectivity index (χ0v) is 19.3. The van der Waals surface area contributed by atoms with Crippen LogP contribution in [0.15, 0.2) is 29.2 Å². The van der Waals surface area contributed by atoms with Crippen LogP contribution in [0.3, 0.4) is 0 Å². The average Bonchev–Trinajstić information content (AvgIpc) is 2.64. The van der Waals surface area contributed by atoms with Crippen molar-refractivity contribution in [3.05, 3.63) is 29.8 Å². The van der Waals surface area contributed by atoms with E-state index >= 15 is 0 Å². The molecule has 9 nitrogen and oxygen atoms in total. The number of hydrogen-bond donors (Lipinski definition) is 0. The topological polar surface area (TPSA) is 114 Å². The van der Waals surface area contributed by atoms with Crippen LogP contribution in [0, 0.1) is 6.92 Å². The van der Waals surface area contributed by atoms with Crippen LogP contribution < -0.4 is 0 Å². The van der Waals surface area contributed by atoms with E-state index in [2.05, 4.69) is 0 Å². The van der Waals surface area contributed by atoms with Gasteiger partial charge in [-0.3, -0.25) is 13.8 Å². The fourth-order valence-electron chi connectivity index (χ4n) is 2.86. The molecule has 1 heterocycles. The van der Waals surface area contributed by atoms with Gasteiger partial charge in [-0.15, -0.1) is 0 Å². The van der Waals surface area contributed by atoms with Gasteiger partial charge in [0.05, 0.1) is 4.90 Å². The summed E-state index contributed by atoms with van der Waals surface area (Å²) in [5.74, 6) is -1.33. The van der Waals surface area contributed by atoms with Gasteiger partial charge in [-0.05, 0) is 19.1 Å². The zero-order valence-electron chi connectivity index (χ0n) is 16.4. The first-order chi connectivity index (χ1) is 13.6. The lowest BCUT2D eigenvalue weighted by Crippen LogP contribution is -2.62. The number of benzene rings is 1. The van der Waals surface area contributed by atoms with E-state index < -0.39 is 52.8 Å². The van der Waals surface area contributed by atoms with Crippen molar-refractivity contribution in [3.8, 4) is 0 Å². The summed E-state index contributed by atoms with van der Waals surface area (Å²) in [6, 6.07) is 6.04. The normalized spacial score (nSPS) is 27.3. The number of carbonyl (C=O) groups is 2. The molecule has 5 unspecified atom stereocenters. The number of aryl methyl sites for hydroxylation is 1. The van der Waals surface area contributed by atoms with Gasteiger partial charge in [0.1, 0.15) is 6.10 Å². The van der Waals surface area contributed by atoms with Crippen LogP contribution in [-0.4, -0.2) is 62.6 Å². The molecule has 0 spiro atoms. The van der Waals surface area contributed by atoms with Crippen LogP contribution in [0.25, 0.3) is 0 Å². The third kappa shape index (κ3) is 6.10. The molecule has 1 aliphatic heterocycles. The van der Waals surface area contributed by atoms with E-state index in [9.17, 15) is 18.0 Å². The number of halogens is 1. The van der Waals surface area contributed by atoms with E-state index in [1.165, 1.54) is 26.2 Å². The SMILES string of the molecule is COC1OC(CI)C(OC(C)=O)C(OC(C)=O)C1OS(=O)(=O)c1ccc(C)cc1. The molecule has 1 saturated heterocycles. The van der Waals surface area contributed by atoms with E-state index in [1.807, 2.05) is 29.5 Å². The molecule has 1 fully saturated rings. The first-order valence-corrected chi connectivity index (χ1v) is 11.6. The van der Waals surface area contributed by atoms with Crippen molar-refractivity contribution in [3.63, 3.8) is 0 Å². The van der Waals surface area contributed by atoms with E-state index in [-0.39, 0.29) is 4.90 Å². The quantitative estimate of drug-likeness (QED) is 0.220. The number of carbonyl (C=O) groups excluding carboxylic acids is 2. The molecular formula is C18H23IO9S. The highest BCUT2D eigenvalue weighted by molar-refractivity contribution is 14.1. The van der Waals surface area contributed by atoms with E-state index in [0.29, 0.717) is 4.43 Å². The molecule has 0 radical (unpaired) electrons. The minimum atomic E-state index is -4.26. The summed E-state index contributed by atoms with van der Waals surface area (Å²) >= 11 is 2.02. The molecule has 0 aliphatic carbocycles. The van der Waals surface area contributed by atoms with Crippen molar-refractivity contribution in [1.29, 1.82) is 0 Å². The molecule has 0 bridgehead atoms. The Hall–Kier alpha value is -1.28. The highest BCUT2D eigenvalue weighted by atomic mass is 127. The van der Waals surface area contributed by atoms with Crippen LogP contribution in [0.1, 0.15) is 19.4 Å². The molecule has 1 aliphatic rings. The summed E-state index contributed by atoms with van der Waals surface area (Å²) in [7, 11) is -2.95. The molecule has 1 aromatic carbocycles. The van der Waals surface area contributed by atoms with Gasteiger partial charge >= 0.3 is 11.9 Å². The lowest BCUT2D eigenvalue weighted by atomic mass is 9.99. The molecule has 0 aromatic heterocycles. The van der Waals surface area contributed by atoms with Gasteiger partial charge in [0.15, 0.2) is 24.6 Å². The summed E-state index contributed by atoms with van der Waals surface area (Å²) in [4.78, 5) is 23.2. The standard InChI is InChI=1S/C18H23IO9S/c1-10-5-7-13(8-6-10)29(22,23)28-17-16(26-12(3)21)15(25-11(2)20)14(9-19)27-18(17)24-4/h5-8,14-18H,9H2,1-4H3. The zero-order chi connectivity index (χ0) is 21.8. The Labute approximate surface area is 183 Å². The van der Waals surface area contributed by atoms with Crippen LogP contribution in [-0.2, 0) is 42.8 Å². The van der Waals surface area contributed by atoms with Gasteiger partial charge in [0.25, 0.3) is 10.1 Å². The van der Waals surface area contributed by atoms with Crippen molar-refractivity contribution < 1.29 is 41.1 Å². The number of alkyl halides is 1. The molecule has 5 atom stereocenters. The van der Waals surface area contributed by atoms with Crippen LogP contribution in [0.4, 0.5) is 0 Å². The average molecular weight is 542 g/mol. The first-order valence-electron chi connectivity index (χ1n) is 8.67. The molecule has 0 amide bonds. The van der Waals surface area contributed by atoms with Crippen LogP contribution >= 0.6 is 22.6 Å². The van der Waals surface area contributed by atoms with E-state index in [1.54, 1.807) is 12.1 Å². The van der Waals surface area contributed by atoms with Gasteiger partial charge < -0.3 is 18.9 Å². The molecule has 162 valence electrons. The second-order valence-corrected chi connectivity index (χ2v) is 8.86.